The van der Waals surface area contributed by atoms with E-state index < -0.39 is 6.10 Å². The third-order valence-corrected chi connectivity index (χ3v) is 6.44. The van der Waals surface area contributed by atoms with Gasteiger partial charge in [0.15, 0.2) is 0 Å². The normalized spacial score (nSPS) is 21.7. The molecule has 1 atom stereocenters. The van der Waals surface area contributed by atoms with Gasteiger partial charge in [-0.15, -0.1) is 0 Å². The second-order valence-corrected chi connectivity index (χ2v) is 8.77. The van der Waals surface area contributed by atoms with E-state index in [2.05, 4.69) is 33.8 Å². The molecule has 0 aliphatic carbocycles. The fourth-order valence-corrected chi connectivity index (χ4v) is 4.81. The summed E-state index contributed by atoms with van der Waals surface area (Å²) in [7, 11) is 0. The Morgan fingerprint density at radius 2 is 1.74 bits per heavy atom. The molecule has 0 radical (unpaired) electrons. The monoisotopic (exact) mass is 393 g/mol. The van der Waals surface area contributed by atoms with Gasteiger partial charge in [0.25, 0.3) is 0 Å². The minimum atomic E-state index is -0.433. The molecule has 2 aliphatic rings. The maximum atomic E-state index is 10.4. The Morgan fingerprint density at radius 1 is 1.00 bits per heavy atom. The van der Waals surface area contributed by atoms with Gasteiger partial charge in [-0.05, 0) is 32.1 Å². The number of nitrogens with zero attached hydrogens (tertiary/aromatic N) is 3. The van der Waals surface area contributed by atoms with E-state index in [1.807, 2.05) is 23.9 Å². The van der Waals surface area contributed by atoms with Crippen LogP contribution >= 0.6 is 11.8 Å². The molecule has 3 rings (SSSR count). The highest BCUT2D eigenvalue weighted by atomic mass is 32.2. The highest BCUT2D eigenvalue weighted by Gasteiger charge is 2.17. The molecule has 0 unspecified atom stereocenters. The number of likely N-dealkylation sites (N-methyl/N-ethyl adjacent to an activating group) is 1. The van der Waals surface area contributed by atoms with Crippen LogP contribution in [0.3, 0.4) is 0 Å². The van der Waals surface area contributed by atoms with Gasteiger partial charge in [0.2, 0.25) is 0 Å². The van der Waals surface area contributed by atoms with Crippen LogP contribution in [0.25, 0.3) is 0 Å². The van der Waals surface area contributed by atoms with E-state index >= 15 is 0 Å². The molecule has 2 saturated heterocycles. The van der Waals surface area contributed by atoms with Crippen molar-refractivity contribution in [3.8, 4) is 5.75 Å². The van der Waals surface area contributed by atoms with E-state index in [4.69, 9.17) is 4.74 Å². The molecule has 2 heterocycles. The van der Waals surface area contributed by atoms with E-state index in [1.165, 1.54) is 30.0 Å². The summed E-state index contributed by atoms with van der Waals surface area (Å²) in [6.07, 6.45) is 0.793. The summed E-state index contributed by atoms with van der Waals surface area (Å²) in [6, 6.07) is 8.30. The number of hydrogen-bond acceptors (Lipinski definition) is 6. The maximum absolute atomic E-state index is 10.4. The van der Waals surface area contributed by atoms with E-state index in [9.17, 15) is 5.11 Å². The molecule has 5 nitrogen and oxygen atoms in total. The van der Waals surface area contributed by atoms with Gasteiger partial charge >= 0.3 is 0 Å². The lowest BCUT2D eigenvalue weighted by molar-refractivity contribution is 0.0708. The van der Waals surface area contributed by atoms with Crippen LogP contribution in [0.4, 0.5) is 0 Å². The number of aliphatic hydroxyl groups is 1. The van der Waals surface area contributed by atoms with Crippen molar-refractivity contribution in [1.82, 2.24) is 14.7 Å². The quantitative estimate of drug-likeness (QED) is 0.728. The maximum Gasteiger partial charge on any atom is 0.123 e. The lowest BCUT2D eigenvalue weighted by atomic mass is 10.2. The second kappa shape index (κ2) is 11.3. The number of aliphatic hydroxyl groups excluding tert-OH is 1. The van der Waals surface area contributed by atoms with Gasteiger partial charge in [-0.2, -0.15) is 11.8 Å². The van der Waals surface area contributed by atoms with E-state index in [0.29, 0.717) is 13.2 Å². The number of para-hydroxylation sites is 1. The molecule has 0 bridgehead atoms. The Labute approximate surface area is 168 Å². The van der Waals surface area contributed by atoms with Crippen LogP contribution < -0.4 is 4.74 Å². The first-order chi connectivity index (χ1) is 13.2. The summed E-state index contributed by atoms with van der Waals surface area (Å²) in [6.45, 7) is 12.1. The van der Waals surface area contributed by atoms with Gasteiger partial charge in [0.1, 0.15) is 18.5 Å². The Hall–Kier alpha value is -0.790. The van der Waals surface area contributed by atoms with Crippen LogP contribution in [0, 0.1) is 0 Å². The van der Waals surface area contributed by atoms with Crippen molar-refractivity contribution >= 4 is 11.8 Å². The zero-order chi connectivity index (χ0) is 18.9. The van der Waals surface area contributed by atoms with Crippen molar-refractivity contribution in [3.63, 3.8) is 0 Å². The topological polar surface area (TPSA) is 39.2 Å². The molecular formula is C21H35N3O2S. The fourth-order valence-electron chi connectivity index (χ4n) is 3.84. The van der Waals surface area contributed by atoms with Crippen molar-refractivity contribution in [2.45, 2.75) is 26.0 Å². The zero-order valence-corrected chi connectivity index (χ0v) is 17.5. The number of benzene rings is 1. The van der Waals surface area contributed by atoms with Crippen molar-refractivity contribution in [3.05, 3.63) is 29.8 Å². The molecule has 1 aromatic rings. The molecule has 6 heteroatoms. The third-order valence-electron chi connectivity index (χ3n) is 5.50. The van der Waals surface area contributed by atoms with Crippen LogP contribution in [0.15, 0.2) is 24.3 Å². The highest BCUT2D eigenvalue weighted by molar-refractivity contribution is 7.99. The summed E-state index contributed by atoms with van der Waals surface area (Å²) >= 11 is 2.00. The summed E-state index contributed by atoms with van der Waals surface area (Å²) in [5.41, 5.74) is 1.23. The van der Waals surface area contributed by atoms with Gasteiger partial charge in [-0.1, -0.05) is 25.1 Å². The molecule has 2 fully saturated rings. The van der Waals surface area contributed by atoms with E-state index in [-0.39, 0.29) is 0 Å². The molecule has 1 N–H and O–H groups in total. The Bertz CT molecular complexity index is 554. The van der Waals surface area contributed by atoms with E-state index in [0.717, 1.165) is 51.6 Å². The van der Waals surface area contributed by atoms with Gasteiger partial charge in [-0.25, -0.2) is 0 Å². The number of thioether (sulfide) groups is 1. The van der Waals surface area contributed by atoms with Crippen molar-refractivity contribution in [2.24, 2.45) is 0 Å². The molecule has 0 amide bonds. The number of hydrogen-bond donors (Lipinski definition) is 1. The Balaban J connectivity index is 1.49. The second-order valence-electron chi connectivity index (χ2n) is 7.55. The minimum absolute atomic E-state index is 0.365. The van der Waals surface area contributed by atoms with Gasteiger partial charge < -0.3 is 14.7 Å². The largest absolute Gasteiger partial charge is 0.491 e. The SMILES string of the molecule is CCN1CCCN(Cc2ccccc2OC[C@H](O)CN2CCSCC2)CC1. The highest BCUT2D eigenvalue weighted by Crippen LogP contribution is 2.21. The molecule has 1 aromatic carbocycles. The van der Waals surface area contributed by atoms with Crippen LogP contribution in [-0.4, -0.2) is 96.4 Å². The molecule has 0 aromatic heterocycles. The summed E-state index contributed by atoms with van der Waals surface area (Å²) in [5, 5.41) is 10.4. The molecule has 2 aliphatic heterocycles. The van der Waals surface area contributed by atoms with Crippen LogP contribution in [0.5, 0.6) is 5.75 Å². The van der Waals surface area contributed by atoms with Gasteiger partial charge in [-0.3, -0.25) is 9.80 Å². The Kier molecular flexibility index (Phi) is 8.74. The standard InChI is InChI=1S/C21H35N3O2S/c1-2-22-8-5-9-23(11-10-22)16-19-6-3-4-7-21(19)26-18-20(25)17-24-12-14-27-15-13-24/h3-4,6-7,20,25H,2,5,8-18H2,1H3/t20-/m1/s1. The molecular weight excluding hydrogens is 358 g/mol. The molecule has 0 saturated carbocycles. The molecule has 152 valence electrons. The van der Waals surface area contributed by atoms with Gasteiger partial charge in [0, 0.05) is 56.3 Å². The Morgan fingerprint density at radius 3 is 2.56 bits per heavy atom. The first-order valence-corrected chi connectivity index (χ1v) is 11.5. The van der Waals surface area contributed by atoms with Crippen molar-refractivity contribution < 1.29 is 9.84 Å². The summed E-state index contributed by atoms with van der Waals surface area (Å²) < 4.78 is 6.04. The van der Waals surface area contributed by atoms with E-state index in [1.54, 1.807) is 0 Å². The summed E-state index contributed by atoms with van der Waals surface area (Å²) in [4.78, 5) is 7.39. The minimum Gasteiger partial charge on any atom is -0.491 e. The molecule has 27 heavy (non-hydrogen) atoms. The first kappa shape index (κ1) is 20.9. The van der Waals surface area contributed by atoms with Crippen molar-refractivity contribution in [1.29, 1.82) is 0 Å². The lowest BCUT2D eigenvalue weighted by Crippen LogP contribution is -2.40. The van der Waals surface area contributed by atoms with Crippen molar-refractivity contribution in [2.75, 3.05) is 70.5 Å². The fraction of sp³-hybridized carbons (Fsp3) is 0.714. The van der Waals surface area contributed by atoms with Crippen LogP contribution in [-0.2, 0) is 6.54 Å². The van der Waals surface area contributed by atoms with Crippen LogP contribution in [0.1, 0.15) is 18.9 Å². The predicted molar refractivity (Wildman–Crippen MR) is 114 cm³/mol. The van der Waals surface area contributed by atoms with Crippen LogP contribution in [0.2, 0.25) is 0 Å². The average molecular weight is 394 g/mol. The van der Waals surface area contributed by atoms with Gasteiger partial charge in [0.05, 0.1) is 0 Å². The zero-order valence-electron chi connectivity index (χ0n) is 16.7. The predicted octanol–water partition coefficient (Wildman–Crippen LogP) is 2.00. The third kappa shape index (κ3) is 6.95. The number of ether oxygens (including phenoxy) is 1. The lowest BCUT2D eigenvalue weighted by Gasteiger charge is -2.28. The summed E-state index contributed by atoms with van der Waals surface area (Å²) in [5.74, 6) is 3.26. The number of β-amino-alcohol motifs (C(OH)–C–C–N with tert-alkyl or cyclic N) is 1. The molecule has 0 spiro atoms. The smallest absolute Gasteiger partial charge is 0.123 e. The first-order valence-electron chi connectivity index (χ1n) is 10.4. The average Bonchev–Trinajstić information content (AvgIpc) is 2.93. The number of rotatable bonds is 8.